The van der Waals surface area contributed by atoms with Gasteiger partial charge in [0.25, 0.3) is 5.69 Å². The molecular formula is C12H10BrNO4. The van der Waals surface area contributed by atoms with E-state index in [0.717, 1.165) is 0 Å². The second-order valence-corrected chi connectivity index (χ2v) is 4.01. The molecule has 0 N–H and O–H groups in total. The summed E-state index contributed by atoms with van der Waals surface area (Å²) in [6, 6.07) is 4.08. The molecule has 1 aromatic carbocycles. The van der Waals surface area contributed by atoms with Crippen LogP contribution in [0.2, 0.25) is 0 Å². The lowest BCUT2D eigenvalue weighted by Crippen LogP contribution is -2.03. The van der Waals surface area contributed by atoms with Gasteiger partial charge in [0, 0.05) is 17.8 Å². The Hall–Kier alpha value is -1.87. The van der Waals surface area contributed by atoms with Gasteiger partial charge in [-0.05, 0) is 12.1 Å². The van der Waals surface area contributed by atoms with Crippen LogP contribution in [0.4, 0.5) is 5.69 Å². The van der Waals surface area contributed by atoms with E-state index in [0.29, 0.717) is 11.8 Å². The lowest BCUT2D eigenvalue weighted by Gasteiger charge is -2.00. The third-order valence-electron chi connectivity index (χ3n) is 2.06. The average molecular weight is 312 g/mol. The molecule has 0 unspecified atom stereocenters. The van der Waals surface area contributed by atoms with Gasteiger partial charge in [0.2, 0.25) is 0 Å². The molecule has 5 nitrogen and oxygen atoms in total. The number of carbonyl (C=O) groups excluding carboxylic acids is 1. The number of alkyl halides is 1. The predicted octanol–water partition coefficient (Wildman–Crippen LogP) is 2.52. The monoisotopic (exact) mass is 311 g/mol. The summed E-state index contributed by atoms with van der Waals surface area (Å²) in [6.45, 7) is 0. The molecule has 0 fully saturated rings. The number of carbonyl (C=O) groups is 1. The molecule has 0 amide bonds. The fraction of sp³-hybridized carbons (Fsp3) is 0.250. The first-order valence-corrected chi connectivity index (χ1v) is 6.14. The highest BCUT2D eigenvalue weighted by Gasteiger charge is 2.16. The van der Waals surface area contributed by atoms with Crippen LogP contribution in [0.5, 0.6) is 0 Å². The summed E-state index contributed by atoms with van der Waals surface area (Å²) in [4.78, 5) is 21.6. The Morgan fingerprint density at radius 2 is 2.28 bits per heavy atom. The van der Waals surface area contributed by atoms with Gasteiger partial charge >= 0.3 is 5.97 Å². The van der Waals surface area contributed by atoms with Crippen molar-refractivity contribution in [2.45, 2.75) is 6.42 Å². The molecule has 0 saturated carbocycles. The number of hydrogen-bond acceptors (Lipinski definition) is 4. The summed E-state index contributed by atoms with van der Waals surface area (Å²) in [6.07, 6.45) is 0.593. The molecule has 0 aromatic heterocycles. The van der Waals surface area contributed by atoms with E-state index >= 15 is 0 Å². The molecule has 94 valence electrons. The normalized spacial score (nSPS) is 9.22. The van der Waals surface area contributed by atoms with E-state index in [9.17, 15) is 14.9 Å². The van der Waals surface area contributed by atoms with E-state index in [1.807, 2.05) is 0 Å². The number of methoxy groups -OCH3 is 1. The Bertz CT molecular complexity index is 531. The van der Waals surface area contributed by atoms with Crippen LogP contribution < -0.4 is 0 Å². The molecule has 1 aromatic rings. The van der Waals surface area contributed by atoms with Gasteiger partial charge in [-0.2, -0.15) is 0 Å². The van der Waals surface area contributed by atoms with Crippen LogP contribution in [0.25, 0.3) is 0 Å². The zero-order valence-electron chi connectivity index (χ0n) is 9.60. The second-order valence-electron chi connectivity index (χ2n) is 3.22. The molecule has 0 heterocycles. The summed E-state index contributed by atoms with van der Waals surface area (Å²) >= 11 is 3.21. The number of esters is 1. The first kappa shape index (κ1) is 14.2. The number of benzene rings is 1. The molecule has 0 aliphatic rings. The third-order valence-corrected chi connectivity index (χ3v) is 2.45. The molecule has 0 aliphatic heterocycles. The van der Waals surface area contributed by atoms with E-state index in [-0.39, 0.29) is 16.8 Å². The lowest BCUT2D eigenvalue weighted by molar-refractivity contribution is -0.385. The molecule has 0 atom stereocenters. The SMILES string of the molecule is COC(=O)c1ccc(C#CCCBr)c([N+](=O)[O-])c1. The molecule has 18 heavy (non-hydrogen) atoms. The minimum atomic E-state index is -0.613. The van der Waals surface area contributed by atoms with E-state index in [4.69, 9.17) is 0 Å². The smallest absolute Gasteiger partial charge is 0.338 e. The number of nitrogens with zero attached hydrogens (tertiary/aromatic N) is 1. The first-order valence-electron chi connectivity index (χ1n) is 5.01. The molecule has 0 radical (unpaired) electrons. The van der Waals surface area contributed by atoms with Crippen LogP contribution in [0.3, 0.4) is 0 Å². The zero-order valence-corrected chi connectivity index (χ0v) is 11.2. The molecule has 0 saturated heterocycles. The van der Waals surface area contributed by atoms with Crippen LogP contribution in [-0.4, -0.2) is 23.3 Å². The summed E-state index contributed by atoms with van der Waals surface area (Å²) in [5.74, 6) is 4.88. The largest absolute Gasteiger partial charge is 0.465 e. The van der Waals surface area contributed by atoms with Crippen LogP contribution in [-0.2, 0) is 4.74 Å². The Labute approximate surface area is 112 Å². The Kier molecular flexibility index (Phi) is 5.33. The van der Waals surface area contributed by atoms with Crippen molar-refractivity contribution in [1.29, 1.82) is 0 Å². The van der Waals surface area contributed by atoms with Gasteiger partial charge in [0.05, 0.1) is 17.6 Å². The topological polar surface area (TPSA) is 69.4 Å². The highest BCUT2D eigenvalue weighted by atomic mass is 79.9. The fourth-order valence-electron chi connectivity index (χ4n) is 1.24. The second kappa shape index (κ2) is 6.77. The molecule has 0 bridgehead atoms. The standard InChI is InChI=1S/C12H10BrNO4/c1-18-12(15)10-6-5-9(4-2-3-7-13)11(8-10)14(16)17/h5-6,8H,3,7H2,1H3. The number of nitro groups is 1. The van der Waals surface area contributed by atoms with Gasteiger partial charge in [-0.15, -0.1) is 0 Å². The summed E-state index contributed by atoms with van der Waals surface area (Å²) < 4.78 is 4.51. The van der Waals surface area contributed by atoms with Gasteiger partial charge in [-0.3, -0.25) is 10.1 Å². The van der Waals surface area contributed by atoms with Crippen molar-refractivity contribution in [3.63, 3.8) is 0 Å². The number of hydrogen-bond donors (Lipinski definition) is 0. The van der Waals surface area contributed by atoms with Crippen LogP contribution in [0.15, 0.2) is 18.2 Å². The van der Waals surface area contributed by atoms with E-state index in [2.05, 4.69) is 32.5 Å². The number of rotatable bonds is 3. The van der Waals surface area contributed by atoms with Crippen molar-refractivity contribution in [3.8, 4) is 11.8 Å². The maximum absolute atomic E-state index is 11.3. The average Bonchev–Trinajstić information content (AvgIpc) is 2.38. The van der Waals surface area contributed by atoms with Gasteiger partial charge < -0.3 is 4.74 Å². The maximum atomic E-state index is 11.3. The Morgan fingerprint density at radius 3 is 2.83 bits per heavy atom. The van der Waals surface area contributed by atoms with Crippen molar-refractivity contribution in [3.05, 3.63) is 39.4 Å². The summed E-state index contributed by atoms with van der Waals surface area (Å²) in [5.41, 5.74) is 0.226. The minimum Gasteiger partial charge on any atom is -0.465 e. The molecular weight excluding hydrogens is 302 g/mol. The van der Waals surface area contributed by atoms with Gasteiger partial charge in [-0.1, -0.05) is 27.8 Å². The Balaban J connectivity index is 3.18. The number of nitro benzene ring substituents is 1. The summed E-state index contributed by atoms with van der Waals surface area (Å²) in [5, 5.41) is 11.6. The van der Waals surface area contributed by atoms with Gasteiger partial charge in [0.15, 0.2) is 0 Å². The molecule has 0 spiro atoms. The van der Waals surface area contributed by atoms with E-state index in [1.54, 1.807) is 0 Å². The minimum absolute atomic E-state index is 0.134. The zero-order chi connectivity index (χ0) is 13.5. The van der Waals surface area contributed by atoms with Crippen LogP contribution in [0, 0.1) is 22.0 Å². The molecule has 6 heteroatoms. The maximum Gasteiger partial charge on any atom is 0.338 e. The van der Waals surface area contributed by atoms with E-state index in [1.165, 1.54) is 25.3 Å². The van der Waals surface area contributed by atoms with Crippen molar-refractivity contribution in [2.75, 3.05) is 12.4 Å². The highest BCUT2D eigenvalue weighted by Crippen LogP contribution is 2.20. The van der Waals surface area contributed by atoms with Crippen molar-refractivity contribution in [2.24, 2.45) is 0 Å². The lowest BCUT2D eigenvalue weighted by atomic mass is 10.1. The fourth-order valence-corrected chi connectivity index (χ4v) is 1.44. The number of ether oxygens (including phenoxy) is 1. The molecule has 0 aliphatic carbocycles. The van der Waals surface area contributed by atoms with Gasteiger partial charge in [0.1, 0.15) is 5.56 Å². The van der Waals surface area contributed by atoms with Crippen LogP contribution >= 0.6 is 15.9 Å². The number of halogens is 1. The quantitative estimate of drug-likeness (QED) is 0.283. The Morgan fingerprint density at radius 1 is 1.56 bits per heavy atom. The summed E-state index contributed by atoms with van der Waals surface area (Å²) in [7, 11) is 1.22. The van der Waals surface area contributed by atoms with Crippen LogP contribution in [0.1, 0.15) is 22.3 Å². The first-order chi connectivity index (χ1) is 8.60. The van der Waals surface area contributed by atoms with E-state index < -0.39 is 10.9 Å². The van der Waals surface area contributed by atoms with Crippen molar-refractivity contribution < 1.29 is 14.5 Å². The van der Waals surface area contributed by atoms with Crippen molar-refractivity contribution in [1.82, 2.24) is 0 Å². The predicted molar refractivity (Wildman–Crippen MR) is 69.7 cm³/mol. The third kappa shape index (κ3) is 3.57. The highest BCUT2D eigenvalue weighted by molar-refractivity contribution is 9.09. The molecule has 1 rings (SSSR count). The van der Waals surface area contributed by atoms with Crippen molar-refractivity contribution >= 4 is 27.6 Å². The van der Waals surface area contributed by atoms with Gasteiger partial charge in [-0.25, -0.2) is 4.79 Å².